The molecule has 0 radical (unpaired) electrons. The molecule has 0 aliphatic heterocycles. The second-order valence-electron chi connectivity index (χ2n) is 0.816. The molecular formula is Na4O7S3. The van der Waals surface area contributed by atoms with Gasteiger partial charge in [0.2, 0.25) is 0 Å². The topological polar surface area (TPSA) is 143 Å². The summed E-state index contributed by atoms with van der Waals surface area (Å²) in [5.41, 5.74) is 0. The smallest absolute Gasteiger partial charge is 0.780 e. The minimum Gasteiger partial charge on any atom is -0.780 e. The molecule has 64 valence electrons. The summed E-state index contributed by atoms with van der Waals surface area (Å²) < 4.78 is 60.8. The molecule has 7 nitrogen and oxygen atoms in total. The maximum atomic E-state index is 8.89. The van der Waals surface area contributed by atoms with E-state index >= 15 is 0 Å². The van der Waals surface area contributed by atoms with E-state index in [1.54, 1.807) is 0 Å². The zero-order chi connectivity index (χ0) is 9.00. The van der Waals surface area contributed by atoms with E-state index in [1.165, 1.54) is 0 Å². The van der Waals surface area contributed by atoms with Crippen molar-refractivity contribution < 1.29 is 149 Å². The van der Waals surface area contributed by atoms with Crippen molar-refractivity contribution in [3.63, 3.8) is 0 Å². The van der Waals surface area contributed by atoms with Crippen molar-refractivity contribution in [1.29, 1.82) is 0 Å². The minimum atomic E-state index is -5.17. The van der Waals surface area contributed by atoms with Crippen molar-refractivity contribution in [2.75, 3.05) is 0 Å². The molecule has 0 fully saturated rings. The Bertz CT molecular complexity index is 217. The van der Waals surface area contributed by atoms with Gasteiger partial charge in [-0.3, -0.25) is 12.6 Å². The predicted octanol–water partition coefficient (Wildman–Crippen LogP) is -14.3. The molecule has 0 atom stereocenters. The number of hydrogen-bond donors (Lipinski definition) is 0. The number of hydrogen-bond acceptors (Lipinski definition) is 8. The first-order valence-electron chi connectivity index (χ1n) is 1.33. The van der Waals surface area contributed by atoms with Crippen LogP contribution in [0.2, 0.25) is 0 Å². The minimum absolute atomic E-state index is 0. The standard InChI is InChI=1S/4Na.H2O4S.H2O3S2/c;;;;2*1-5(2,3)4/h;;;;2*(H2,1,2,3,4)/q4*+1;;/p-4. The van der Waals surface area contributed by atoms with Gasteiger partial charge in [0.1, 0.15) is 0 Å². The fraction of sp³-hybridized carbons (Fsp3) is 0. The summed E-state index contributed by atoms with van der Waals surface area (Å²) in [6.45, 7) is 0. The van der Waals surface area contributed by atoms with Gasteiger partial charge in [0.15, 0.2) is 0 Å². The molecule has 0 spiro atoms. The molecule has 0 N–H and O–H groups in total. The Morgan fingerprint density at radius 2 is 0.714 bits per heavy atom. The molecule has 14 heteroatoms. The summed E-state index contributed by atoms with van der Waals surface area (Å²) >= 11 is 3.24. The van der Waals surface area contributed by atoms with Gasteiger partial charge in [0.05, 0.1) is 0 Å². The van der Waals surface area contributed by atoms with Crippen LogP contribution in [0.25, 0.3) is 0 Å². The van der Waals surface area contributed by atoms with E-state index in [2.05, 4.69) is 11.2 Å². The quantitative estimate of drug-likeness (QED) is 0.244. The molecule has 0 saturated heterocycles. The second kappa shape index (κ2) is 17.2. The van der Waals surface area contributed by atoms with Crippen LogP contribution in [-0.4, -0.2) is 30.8 Å². The van der Waals surface area contributed by atoms with Gasteiger partial charge in [-0.25, -0.2) is 0 Å². The van der Waals surface area contributed by atoms with Crippen molar-refractivity contribution in [1.82, 2.24) is 0 Å². The van der Waals surface area contributed by atoms with E-state index in [9.17, 15) is 0 Å². The average Bonchev–Trinajstić information content (AvgIpc) is 1.12. The van der Waals surface area contributed by atoms with Crippen molar-refractivity contribution in [2.24, 2.45) is 0 Å². The van der Waals surface area contributed by atoms with E-state index in [1.807, 2.05) is 0 Å². The summed E-state index contributed by atoms with van der Waals surface area (Å²) in [6, 6.07) is 0. The van der Waals surface area contributed by atoms with Gasteiger partial charge in [0, 0.05) is 10.4 Å². The molecule has 0 bridgehead atoms. The predicted molar refractivity (Wildman–Crippen MR) is 27.5 cm³/mol. The van der Waals surface area contributed by atoms with Gasteiger partial charge in [-0.15, -0.1) is 9.05 Å². The molecule has 0 aromatic carbocycles. The summed E-state index contributed by atoms with van der Waals surface area (Å²) in [7, 11) is -9.50. The number of rotatable bonds is 0. The van der Waals surface area contributed by atoms with Crippen molar-refractivity contribution in [3.05, 3.63) is 0 Å². The average molecular weight is 300 g/mol. The van der Waals surface area contributed by atoms with Crippen LogP contribution in [0.4, 0.5) is 0 Å². The SMILES string of the molecule is O=S(=O)([O-])[O-].O=S([O-])([O-])=S.[Na+].[Na+].[Na+].[Na+]. The second-order valence-corrected chi connectivity index (χ2v) is 3.67. The Labute approximate surface area is 176 Å². The van der Waals surface area contributed by atoms with Gasteiger partial charge >= 0.3 is 118 Å². The Kier molecular flexibility index (Phi) is 44.3. The largest absolute Gasteiger partial charge is 1.00 e. The molecular weight excluding hydrogens is 300 g/mol. The Morgan fingerprint density at radius 1 is 0.714 bits per heavy atom. The molecule has 0 aliphatic carbocycles. The van der Waals surface area contributed by atoms with Gasteiger partial charge in [-0.2, -0.15) is 0 Å². The molecule has 0 amide bonds. The Morgan fingerprint density at radius 3 is 0.714 bits per heavy atom. The summed E-state index contributed by atoms with van der Waals surface area (Å²) in [5, 5.41) is 0. The van der Waals surface area contributed by atoms with Gasteiger partial charge < -0.3 is 18.2 Å². The van der Waals surface area contributed by atoms with Crippen LogP contribution in [0.15, 0.2) is 0 Å². The van der Waals surface area contributed by atoms with Gasteiger partial charge in [0.25, 0.3) is 0 Å². The summed E-state index contributed by atoms with van der Waals surface area (Å²) in [4.78, 5) is 0. The van der Waals surface area contributed by atoms with Gasteiger partial charge in [-0.1, -0.05) is 0 Å². The van der Waals surface area contributed by atoms with E-state index in [-0.39, 0.29) is 118 Å². The summed E-state index contributed by atoms with van der Waals surface area (Å²) in [6.07, 6.45) is 0. The zero-order valence-electron chi connectivity index (χ0n) is 8.08. The third kappa shape index (κ3) is 215. The first-order valence-corrected chi connectivity index (χ1v) is 5.00. The van der Waals surface area contributed by atoms with Gasteiger partial charge in [-0.05, 0) is 11.2 Å². The maximum Gasteiger partial charge on any atom is 1.00 e. The third-order valence-corrected chi connectivity index (χ3v) is 0. The van der Waals surface area contributed by atoms with E-state index in [4.69, 9.17) is 30.8 Å². The van der Waals surface area contributed by atoms with Crippen molar-refractivity contribution >= 4 is 30.6 Å². The molecule has 0 rings (SSSR count). The van der Waals surface area contributed by atoms with Crippen LogP contribution in [0.3, 0.4) is 0 Å². The van der Waals surface area contributed by atoms with E-state index < -0.39 is 19.5 Å². The molecule has 0 aromatic heterocycles. The molecule has 0 unspecified atom stereocenters. The van der Waals surface area contributed by atoms with Crippen LogP contribution in [0.5, 0.6) is 0 Å². The van der Waals surface area contributed by atoms with Crippen molar-refractivity contribution in [2.45, 2.75) is 0 Å². The van der Waals surface area contributed by atoms with E-state index in [0.29, 0.717) is 0 Å². The maximum absolute atomic E-state index is 8.89. The van der Waals surface area contributed by atoms with Crippen molar-refractivity contribution in [3.8, 4) is 0 Å². The van der Waals surface area contributed by atoms with Crippen LogP contribution >= 0.6 is 0 Å². The normalized spacial score (nSPS) is 8.29. The molecule has 0 saturated carbocycles. The first-order chi connectivity index (χ1) is 4.00. The van der Waals surface area contributed by atoms with Crippen LogP contribution in [-0.2, 0) is 30.6 Å². The Hall–Kier alpha value is 4.16. The molecule has 0 heterocycles. The fourth-order valence-corrected chi connectivity index (χ4v) is 0. The van der Waals surface area contributed by atoms with Crippen LogP contribution in [0.1, 0.15) is 0 Å². The monoisotopic (exact) mass is 300 g/mol. The molecule has 0 aliphatic rings. The van der Waals surface area contributed by atoms with E-state index in [0.717, 1.165) is 0 Å². The van der Waals surface area contributed by atoms with Crippen LogP contribution < -0.4 is 118 Å². The third-order valence-electron chi connectivity index (χ3n) is 0. The molecule has 14 heavy (non-hydrogen) atoms. The fourth-order valence-electron chi connectivity index (χ4n) is 0. The first kappa shape index (κ1) is 36.2. The molecule has 0 aromatic rings. The summed E-state index contributed by atoms with van der Waals surface area (Å²) in [5.74, 6) is 0. The van der Waals surface area contributed by atoms with Crippen LogP contribution in [0, 0.1) is 0 Å². The Balaban J connectivity index is -0.0000000178. The zero-order valence-corrected chi connectivity index (χ0v) is 18.5.